The van der Waals surface area contributed by atoms with Crippen molar-refractivity contribution in [3.05, 3.63) is 24.0 Å². The SMILES string of the molecule is CN(C)c1ccc(F)cc1S. The summed E-state index contributed by atoms with van der Waals surface area (Å²) in [7, 11) is 3.79. The third kappa shape index (κ3) is 1.87. The van der Waals surface area contributed by atoms with Gasteiger partial charge in [0, 0.05) is 24.7 Å². The first-order valence-electron chi connectivity index (χ1n) is 3.27. The summed E-state index contributed by atoms with van der Waals surface area (Å²) in [6.07, 6.45) is 0. The van der Waals surface area contributed by atoms with Gasteiger partial charge in [-0.3, -0.25) is 0 Å². The van der Waals surface area contributed by atoms with Crippen LogP contribution in [0.1, 0.15) is 0 Å². The minimum atomic E-state index is -0.249. The van der Waals surface area contributed by atoms with E-state index in [1.165, 1.54) is 12.1 Å². The summed E-state index contributed by atoms with van der Waals surface area (Å²) in [5.41, 5.74) is 0.926. The van der Waals surface area contributed by atoms with Crippen LogP contribution in [0.5, 0.6) is 0 Å². The molecule has 0 saturated carbocycles. The summed E-state index contributed by atoms with van der Waals surface area (Å²) in [6, 6.07) is 4.53. The van der Waals surface area contributed by atoms with Crippen LogP contribution in [0, 0.1) is 5.82 Å². The van der Waals surface area contributed by atoms with E-state index in [9.17, 15) is 4.39 Å². The largest absolute Gasteiger partial charge is 0.377 e. The Morgan fingerprint density at radius 2 is 2.00 bits per heavy atom. The summed E-state index contributed by atoms with van der Waals surface area (Å²) >= 11 is 4.13. The molecule has 1 aromatic carbocycles. The van der Waals surface area contributed by atoms with Crippen LogP contribution in [0.3, 0.4) is 0 Å². The molecule has 0 spiro atoms. The molecule has 1 nitrogen and oxygen atoms in total. The van der Waals surface area contributed by atoms with Gasteiger partial charge in [0.2, 0.25) is 0 Å². The van der Waals surface area contributed by atoms with E-state index in [4.69, 9.17) is 0 Å². The highest BCUT2D eigenvalue weighted by Gasteiger charge is 2.00. The van der Waals surface area contributed by atoms with Gasteiger partial charge in [-0.1, -0.05) is 0 Å². The fourth-order valence-electron chi connectivity index (χ4n) is 0.875. The normalized spacial score (nSPS) is 9.82. The zero-order chi connectivity index (χ0) is 8.43. The van der Waals surface area contributed by atoms with Gasteiger partial charge in [0.25, 0.3) is 0 Å². The third-order valence-electron chi connectivity index (χ3n) is 1.42. The first-order chi connectivity index (χ1) is 5.11. The van der Waals surface area contributed by atoms with Gasteiger partial charge in [0.05, 0.1) is 0 Å². The minimum absolute atomic E-state index is 0.249. The Bertz CT molecular complexity index is 260. The highest BCUT2D eigenvalue weighted by atomic mass is 32.1. The highest BCUT2D eigenvalue weighted by molar-refractivity contribution is 7.80. The smallest absolute Gasteiger partial charge is 0.124 e. The summed E-state index contributed by atoms with van der Waals surface area (Å²) in [4.78, 5) is 2.55. The molecule has 0 aromatic heterocycles. The summed E-state index contributed by atoms with van der Waals surface area (Å²) in [6.45, 7) is 0. The van der Waals surface area contributed by atoms with Gasteiger partial charge in [-0.25, -0.2) is 4.39 Å². The Morgan fingerprint density at radius 3 is 2.45 bits per heavy atom. The Labute approximate surface area is 71.2 Å². The predicted octanol–water partition coefficient (Wildman–Crippen LogP) is 2.18. The van der Waals surface area contributed by atoms with Crippen molar-refractivity contribution in [1.82, 2.24) is 0 Å². The van der Waals surface area contributed by atoms with E-state index in [-0.39, 0.29) is 5.82 Å². The molecule has 0 radical (unpaired) electrons. The van der Waals surface area contributed by atoms with Gasteiger partial charge >= 0.3 is 0 Å². The summed E-state index contributed by atoms with van der Waals surface area (Å²) < 4.78 is 12.5. The van der Waals surface area contributed by atoms with Crippen molar-refractivity contribution in [3.63, 3.8) is 0 Å². The first-order valence-corrected chi connectivity index (χ1v) is 3.72. The monoisotopic (exact) mass is 171 g/mol. The van der Waals surface area contributed by atoms with Crippen LogP contribution in [0.15, 0.2) is 23.1 Å². The second-order valence-corrected chi connectivity index (χ2v) is 3.01. The van der Waals surface area contributed by atoms with Crippen LogP contribution in [0.4, 0.5) is 10.1 Å². The molecule has 0 unspecified atom stereocenters. The molecule has 0 bridgehead atoms. The van der Waals surface area contributed by atoms with Crippen molar-refractivity contribution >= 4 is 18.3 Å². The van der Waals surface area contributed by atoms with Crippen molar-refractivity contribution in [2.75, 3.05) is 19.0 Å². The Hall–Kier alpha value is -0.700. The van der Waals surface area contributed by atoms with E-state index in [1.807, 2.05) is 19.0 Å². The maximum absolute atomic E-state index is 12.5. The Morgan fingerprint density at radius 1 is 1.36 bits per heavy atom. The molecule has 0 atom stereocenters. The lowest BCUT2D eigenvalue weighted by atomic mass is 10.3. The number of nitrogens with zero attached hydrogens (tertiary/aromatic N) is 1. The molecule has 0 aliphatic carbocycles. The molecule has 0 fully saturated rings. The van der Waals surface area contributed by atoms with E-state index in [0.717, 1.165) is 5.69 Å². The minimum Gasteiger partial charge on any atom is -0.377 e. The predicted molar refractivity (Wildman–Crippen MR) is 48.0 cm³/mol. The number of halogens is 1. The van der Waals surface area contributed by atoms with Crippen LogP contribution in [-0.4, -0.2) is 14.1 Å². The average molecular weight is 171 g/mol. The second-order valence-electron chi connectivity index (χ2n) is 2.53. The fraction of sp³-hybridized carbons (Fsp3) is 0.250. The van der Waals surface area contributed by atoms with Crippen LogP contribution < -0.4 is 4.90 Å². The van der Waals surface area contributed by atoms with Crippen molar-refractivity contribution < 1.29 is 4.39 Å². The zero-order valence-corrected chi connectivity index (χ0v) is 7.40. The maximum atomic E-state index is 12.5. The molecule has 3 heteroatoms. The van der Waals surface area contributed by atoms with Gasteiger partial charge in [-0.2, -0.15) is 0 Å². The van der Waals surface area contributed by atoms with E-state index >= 15 is 0 Å². The van der Waals surface area contributed by atoms with Gasteiger partial charge in [0.1, 0.15) is 5.82 Å². The molecular weight excluding hydrogens is 161 g/mol. The molecule has 11 heavy (non-hydrogen) atoms. The van der Waals surface area contributed by atoms with Gasteiger partial charge in [-0.05, 0) is 18.2 Å². The number of rotatable bonds is 1. The quantitative estimate of drug-likeness (QED) is 0.634. The fourth-order valence-corrected chi connectivity index (χ4v) is 1.27. The number of hydrogen-bond donors (Lipinski definition) is 1. The van der Waals surface area contributed by atoms with Crippen molar-refractivity contribution in [2.45, 2.75) is 4.90 Å². The molecule has 0 saturated heterocycles. The van der Waals surface area contributed by atoms with E-state index < -0.39 is 0 Å². The molecule has 0 aliphatic heterocycles. The lowest BCUT2D eigenvalue weighted by Crippen LogP contribution is -2.09. The number of benzene rings is 1. The van der Waals surface area contributed by atoms with Crippen LogP contribution in [0.2, 0.25) is 0 Å². The average Bonchev–Trinajstić information content (AvgIpc) is 1.85. The maximum Gasteiger partial charge on any atom is 0.124 e. The van der Waals surface area contributed by atoms with E-state index in [2.05, 4.69) is 12.6 Å². The standard InChI is InChI=1S/C8H10FNS/c1-10(2)7-4-3-6(9)5-8(7)11/h3-5,11H,1-2H3. The summed E-state index contributed by atoms with van der Waals surface area (Å²) in [5.74, 6) is -0.249. The van der Waals surface area contributed by atoms with Crippen molar-refractivity contribution in [3.8, 4) is 0 Å². The zero-order valence-electron chi connectivity index (χ0n) is 6.50. The van der Waals surface area contributed by atoms with Gasteiger partial charge < -0.3 is 4.90 Å². The third-order valence-corrected chi connectivity index (χ3v) is 1.78. The molecule has 0 aliphatic rings. The molecule has 60 valence electrons. The number of hydrogen-bond acceptors (Lipinski definition) is 2. The molecule has 0 N–H and O–H groups in total. The Balaban J connectivity index is 3.09. The van der Waals surface area contributed by atoms with E-state index in [1.54, 1.807) is 6.07 Å². The number of anilines is 1. The highest BCUT2D eigenvalue weighted by Crippen LogP contribution is 2.22. The second kappa shape index (κ2) is 3.13. The van der Waals surface area contributed by atoms with Crippen LogP contribution >= 0.6 is 12.6 Å². The lowest BCUT2D eigenvalue weighted by molar-refractivity contribution is 0.624. The van der Waals surface area contributed by atoms with Crippen LogP contribution in [-0.2, 0) is 0 Å². The van der Waals surface area contributed by atoms with Gasteiger partial charge in [0.15, 0.2) is 0 Å². The first kappa shape index (κ1) is 8.40. The van der Waals surface area contributed by atoms with Crippen molar-refractivity contribution in [2.24, 2.45) is 0 Å². The number of thiol groups is 1. The molecular formula is C8H10FNS. The molecule has 1 aromatic rings. The summed E-state index contributed by atoms with van der Waals surface area (Å²) in [5, 5.41) is 0. The molecule has 0 amide bonds. The molecule has 0 heterocycles. The van der Waals surface area contributed by atoms with Gasteiger partial charge in [-0.15, -0.1) is 12.6 Å². The Kier molecular flexibility index (Phi) is 2.39. The van der Waals surface area contributed by atoms with Crippen molar-refractivity contribution in [1.29, 1.82) is 0 Å². The lowest BCUT2D eigenvalue weighted by Gasteiger charge is -2.14. The molecule has 1 rings (SSSR count). The van der Waals surface area contributed by atoms with Crippen LogP contribution in [0.25, 0.3) is 0 Å². The topological polar surface area (TPSA) is 3.24 Å². The van der Waals surface area contributed by atoms with E-state index in [0.29, 0.717) is 4.90 Å².